The third-order valence-corrected chi connectivity index (χ3v) is 9.19. The summed E-state index contributed by atoms with van der Waals surface area (Å²) in [5.41, 5.74) is 0. The molecule has 0 aromatic carbocycles. The molecule has 2 rings (SSSR count). The van der Waals surface area contributed by atoms with E-state index in [0.717, 1.165) is 24.2 Å². The molecule has 1 nitrogen and oxygen atoms in total. The molecular weight excluding hydrogens is 228 g/mol. The lowest BCUT2D eigenvalue weighted by atomic mass is 9.91. The fourth-order valence-corrected chi connectivity index (χ4v) is 5.40. The molecule has 2 aliphatic rings. The first-order valence-corrected chi connectivity index (χ1v) is 9.59. The van der Waals surface area contributed by atoms with E-state index in [1.54, 1.807) is 0 Å². The van der Waals surface area contributed by atoms with Gasteiger partial charge in [-0.1, -0.05) is 19.1 Å². The average molecular weight is 256 g/mol. The zero-order chi connectivity index (χ0) is 12.7. The minimum Gasteiger partial charge on any atom is -0.381 e. The molecule has 4 unspecified atom stereocenters. The van der Waals surface area contributed by atoms with Crippen molar-refractivity contribution in [2.75, 3.05) is 18.3 Å². The Kier molecular flexibility index (Phi) is 3.66. The lowest BCUT2D eigenvalue weighted by Crippen LogP contribution is -2.32. The van der Waals surface area contributed by atoms with Crippen LogP contribution < -0.4 is 0 Å². The van der Waals surface area contributed by atoms with Gasteiger partial charge in [-0.05, 0) is 68.6 Å². The zero-order valence-corrected chi connectivity index (χ0v) is 12.6. The summed E-state index contributed by atoms with van der Waals surface area (Å²) in [5, 5.41) is 10.5. The van der Waals surface area contributed by atoms with Crippen LogP contribution in [0.4, 0.5) is 0 Å². The third kappa shape index (κ3) is 2.58. The molecule has 0 aromatic rings. The second-order valence-electron chi connectivity index (χ2n) is 6.60. The molecule has 2 heteroatoms. The second-order valence-corrected chi connectivity index (χ2v) is 11.0. The van der Waals surface area contributed by atoms with Crippen molar-refractivity contribution in [1.29, 1.82) is 0 Å². The third-order valence-electron chi connectivity index (χ3n) is 5.26. The second kappa shape index (κ2) is 4.62. The van der Waals surface area contributed by atoms with Crippen molar-refractivity contribution in [1.82, 2.24) is 0 Å². The predicted molar refractivity (Wildman–Crippen MR) is 78.7 cm³/mol. The van der Waals surface area contributed by atoms with Gasteiger partial charge in [0.1, 0.15) is 0 Å². The lowest BCUT2D eigenvalue weighted by Gasteiger charge is -2.45. The van der Waals surface area contributed by atoms with Gasteiger partial charge in [0.2, 0.25) is 0 Å². The Bertz CT molecular complexity index is 306. The highest BCUT2D eigenvalue weighted by atomic mass is 32.3. The lowest BCUT2D eigenvalue weighted by molar-refractivity contribution is 0.148. The number of allylic oxidation sites excluding steroid dienone is 2. The Morgan fingerprint density at radius 1 is 1.29 bits per heavy atom. The fraction of sp³-hybridized carbons (Fsp3) is 0.867. The molecular formula is C15H28OS. The molecule has 0 saturated heterocycles. The molecule has 4 atom stereocenters. The number of fused-ring (bicyclic) bond motifs is 2. The van der Waals surface area contributed by atoms with Gasteiger partial charge in [0, 0.05) is 0 Å². The maximum absolute atomic E-state index is 10.5. The van der Waals surface area contributed by atoms with Crippen LogP contribution in [0.15, 0.2) is 12.2 Å². The van der Waals surface area contributed by atoms with E-state index in [0.29, 0.717) is 0 Å². The van der Waals surface area contributed by atoms with Crippen LogP contribution >= 0.6 is 10.0 Å². The van der Waals surface area contributed by atoms with E-state index in [-0.39, 0.29) is 0 Å². The summed E-state index contributed by atoms with van der Waals surface area (Å²) in [6, 6.07) is 0. The number of hydrogen-bond donors (Lipinski definition) is 1. The summed E-state index contributed by atoms with van der Waals surface area (Å²) in [4.78, 5) is -0.444. The van der Waals surface area contributed by atoms with Crippen LogP contribution in [0.3, 0.4) is 0 Å². The van der Waals surface area contributed by atoms with Gasteiger partial charge < -0.3 is 5.11 Å². The summed E-state index contributed by atoms with van der Waals surface area (Å²) < 4.78 is 0. The van der Waals surface area contributed by atoms with Crippen molar-refractivity contribution in [2.45, 2.75) is 44.5 Å². The summed E-state index contributed by atoms with van der Waals surface area (Å²) in [7, 11) is -0.883. The van der Waals surface area contributed by atoms with Crippen LogP contribution in [0.5, 0.6) is 0 Å². The first kappa shape index (κ1) is 13.5. The van der Waals surface area contributed by atoms with Gasteiger partial charge in [-0.15, -0.1) is 0 Å². The largest absolute Gasteiger partial charge is 0.381 e. The number of hydrogen-bond acceptors (Lipinski definition) is 1. The van der Waals surface area contributed by atoms with E-state index in [9.17, 15) is 5.11 Å². The van der Waals surface area contributed by atoms with Crippen molar-refractivity contribution in [3.63, 3.8) is 0 Å². The smallest absolute Gasteiger partial charge is 0.0916 e. The van der Waals surface area contributed by atoms with Gasteiger partial charge in [-0.3, -0.25) is 0 Å². The maximum atomic E-state index is 10.5. The first-order chi connectivity index (χ1) is 7.86. The van der Waals surface area contributed by atoms with E-state index in [1.165, 1.54) is 25.0 Å². The van der Waals surface area contributed by atoms with Crippen LogP contribution in [0, 0.1) is 17.8 Å². The molecule has 0 aromatic heterocycles. The molecule has 0 aliphatic heterocycles. The van der Waals surface area contributed by atoms with Gasteiger partial charge in [-0.25, -0.2) is 10.0 Å². The standard InChI is InChI=1S/C15H28OS/c1-5-15(2,16)17(3,4)9-8-14-11-12-6-7-13(14)10-12/h6-7,12-14,16H,5,8-11H2,1-4H3. The molecule has 2 aliphatic carbocycles. The topological polar surface area (TPSA) is 20.2 Å². The Labute approximate surface area is 108 Å². The molecule has 0 radical (unpaired) electrons. The normalized spacial score (nSPS) is 36.2. The molecule has 1 saturated carbocycles. The number of rotatable bonds is 5. The quantitative estimate of drug-likeness (QED) is 0.742. The van der Waals surface area contributed by atoms with Gasteiger partial charge in [0.05, 0.1) is 4.93 Å². The van der Waals surface area contributed by atoms with E-state index < -0.39 is 15.0 Å². The van der Waals surface area contributed by atoms with Crippen LogP contribution in [0.25, 0.3) is 0 Å². The predicted octanol–water partition coefficient (Wildman–Crippen LogP) is 3.77. The Hall–Kier alpha value is 0.0500. The Morgan fingerprint density at radius 3 is 2.47 bits per heavy atom. The van der Waals surface area contributed by atoms with Gasteiger partial charge >= 0.3 is 0 Å². The van der Waals surface area contributed by atoms with Gasteiger partial charge in [0.25, 0.3) is 0 Å². The van der Waals surface area contributed by atoms with Crippen molar-refractivity contribution >= 4 is 10.0 Å². The maximum Gasteiger partial charge on any atom is 0.0916 e. The molecule has 1 N–H and O–H groups in total. The SMILES string of the molecule is CCC(C)(O)S(C)(C)CCC1CC2C=CC1C2. The van der Waals surface area contributed by atoms with Crippen LogP contribution in [0.2, 0.25) is 0 Å². The molecule has 1 fully saturated rings. The molecule has 2 bridgehead atoms. The highest BCUT2D eigenvalue weighted by Gasteiger charge is 2.38. The molecule has 100 valence electrons. The van der Waals surface area contributed by atoms with E-state index in [1.807, 2.05) is 6.92 Å². The minimum absolute atomic E-state index is 0.444. The summed E-state index contributed by atoms with van der Waals surface area (Å²) >= 11 is 0. The van der Waals surface area contributed by atoms with Crippen LogP contribution in [-0.4, -0.2) is 28.3 Å². The van der Waals surface area contributed by atoms with Gasteiger partial charge in [-0.2, -0.15) is 0 Å². The van der Waals surface area contributed by atoms with Crippen molar-refractivity contribution in [3.8, 4) is 0 Å². The fourth-order valence-electron chi connectivity index (χ4n) is 3.28. The van der Waals surface area contributed by atoms with Crippen molar-refractivity contribution < 1.29 is 5.11 Å². The average Bonchev–Trinajstić information content (AvgIpc) is 2.87. The first-order valence-electron chi connectivity index (χ1n) is 6.97. The van der Waals surface area contributed by atoms with Crippen LogP contribution in [-0.2, 0) is 0 Å². The van der Waals surface area contributed by atoms with E-state index in [4.69, 9.17) is 0 Å². The summed E-state index contributed by atoms with van der Waals surface area (Å²) in [5.74, 6) is 3.89. The van der Waals surface area contributed by atoms with Crippen molar-refractivity contribution in [2.24, 2.45) is 17.8 Å². The summed E-state index contributed by atoms with van der Waals surface area (Å²) in [6.07, 6.45) is 14.5. The van der Waals surface area contributed by atoms with E-state index >= 15 is 0 Å². The zero-order valence-electron chi connectivity index (χ0n) is 11.8. The molecule has 17 heavy (non-hydrogen) atoms. The van der Waals surface area contributed by atoms with Crippen LogP contribution in [0.1, 0.15) is 39.5 Å². The van der Waals surface area contributed by atoms with E-state index in [2.05, 4.69) is 31.6 Å². The molecule has 0 spiro atoms. The highest BCUT2D eigenvalue weighted by Crippen LogP contribution is 2.55. The molecule has 0 amide bonds. The minimum atomic E-state index is -0.883. The highest BCUT2D eigenvalue weighted by molar-refractivity contribution is 8.33. The Balaban J connectivity index is 1.88. The Morgan fingerprint density at radius 2 is 2.00 bits per heavy atom. The monoisotopic (exact) mass is 256 g/mol. The number of aliphatic hydroxyl groups is 1. The van der Waals surface area contributed by atoms with Gasteiger partial charge in [0.15, 0.2) is 0 Å². The van der Waals surface area contributed by atoms with Crippen molar-refractivity contribution in [3.05, 3.63) is 12.2 Å². The summed E-state index contributed by atoms with van der Waals surface area (Å²) in [6.45, 7) is 4.14. The molecule has 0 heterocycles.